The molecular weight excluding hydrogens is 383 g/mol. The Labute approximate surface area is 180 Å². The van der Waals surface area contributed by atoms with E-state index in [1.54, 1.807) is 0 Å². The van der Waals surface area contributed by atoms with Gasteiger partial charge in [-0.1, -0.05) is 16.3 Å². The lowest BCUT2D eigenvalue weighted by atomic mass is 9.64. The second-order valence-corrected chi connectivity index (χ2v) is 10.3. The first-order valence-corrected chi connectivity index (χ1v) is 12.0. The molecule has 0 spiro atoms. The van der Waals surface area contributed by atoms with Crippen LogP contribution in [0.25, 0.3) is 0 Å². The molecule has 1 amide bonds. The SMILES string of the molecule is C=CC(=O)NCC1CC(C2CCC(F)CC2)CC(C2CC[N+]2(N)ON(C)C2CC2)C1. The standard InChI is InChI=1S/C23H39FN4O2/c1-3-23(29)26-15-16-12-18(17-4-6-20(24)7-5-17)14-19(13-16)22-10-11-28(22,25)30-27(2)21-8-9-21/h3,16-22H,1,4-15,25H2,2H3/p+1. The number of halogens is 1. The lowest BCUT2D eigenvalue weighted by Gasteiger charge is -2.51. The Balaban J connectivity index is 1.42. The van der Waals surface area contributed by atoms with Crippen LogP contribution in [0.3, 0.4) is 0 Å². The fourth-order valence-corrected chi connectivity index (χ4v) is 6.24. The van der Waals surface area contributed by atoms with Crippen LogP contribution in [0.4, 0.5) is 4.39 Å². The van der Waals surface area contributed by atoms with Crippen LogP contribution in [-0.2, 0) is 9.73 Å². The van der Waals surface area contributed by atoms with Crippen molar-refractivity contribution in [1.29, 1.82) is 0 Å². The van der Waals surface area contributed by atoms with Crippen molar-refractivity contribution in [2.24, 2.45) is 29.5 Å². The van der Waals surface area contributed by atoms with E-state index in [9.17, 15) is 9.18 Å². The van der Waals surface area contributed by atoms with Crippen molar-refractivity contribution in [2.45, 2.75) is 82.5 Å². The molecule has 3 aliphatic carbocycles. The Hall–Kier alpha value is -1.02. The van der Waals surface area contributed by atoms with Gasteiger partial charge in [-0.15, -0.1) is 10.9 Å². The van der Waals surface area contributed by atoms with Crippen molar-refractivity contribution in [3.05, 3.63) is 12.7 Å². The summed E-state index contributed by atoms with van der Waals surface area (Å²) in [6.45, 7) is 5.11. The molecule has 0 bridgehead atoms. The zero-order valence-corrected chi connectivity index (χ0v) is 18.5. The smallest absolute Gasteiger partial charge is 0.243 e. The molecule has 7 heteroatoms. The van der Waals surface area contributed by atoms with E-state index in [0.717, 1.165) is 45.1 Å². The normalized spacial score (nSPS) is 41.9. The average molecular weight is 424 g/mol. The van der Waals surface area contributed by atoms with E-state index in [1.807, 2.05) is 12.1 Å². The van der Waals surface area contributed by atoms with Gasteiger partial charge in [-0.3, -0.25) is 4.79 Å². The van der Waals surface area contributed by atoms with E-state index in [-0.39, 0.29) is 10.7 Å². The number of rotatable bonds is 8. The summed E-state index contributed by atoms with van der Waals surface area (Å²) in [7, 11) is 2.01. The number of hydrogen-bond donors (Lipinski definition) is 2. The van der Waals surface area contributed by atoms with Gasteiger partial charge < -0.3 is 5.32 Å². The molecular formula is C23H40FN4O2+. The van der Waals surface area contributed by atoms with E-state index in [0.29, 0.717) is 55.1 Å². The van der Waals surface area contributed by atoms with E-state index in [4.69, 9.17) is 10.8 Å². The van der Waals surface area contributed by atoms with Gasteiger partial charge in [0, 0.05) is 25.6 Å². The second-order valence-electron chi connectivity index (χ2n) is 10.3. The van der Waals surface area contributed by atoms with Gasteiger partial charge in [-0.05, 0) is 81.6 Å². The minimum Gasteiger partial charge on any atom is -0.352 e. The lowest BCUT2D eigenvalue weighted by Crippen LogP contribution is -2.73. The molecule has 4 fully saturated rings. The number of carbonyl (C=O) groups excluding carboxylic acids is 1. The Morgan fingerprint density at radius 3 is 2.43 bits per heavy atom. The van der Waals surface area contributed by atoms with Gasteiger partial charge >= 0.3 is 0 Å². The number of quaternary nitrogens is 1. The molecule has 6 nitrogen and oxygen atoms in total. The maximum absolute atomic E-state index is 13.7. The number of hydrogen-bond acceptors (Lipinski definition) is 4. The van der Waals surface area contributed by atoms with Crippen molar-refractivity contribution in [2.75, 3.05) is 20.1 Å². The summed E-state index contributed by atoms with van der Waals surface area (Å²) in [5.74, 6) is 8.74. The van der Waals surface area contributed by atoms with Crippen LogP contribution >= 0.6 is 0 Å². The summed E-state index contributed by atoms with van der Waals surface area (Å²) in [6.07, 6.45) is 11.0. The van der Waals surface area contributed by atoms with Crippen LogP contribution in [0.1, 0.15) is 64.2 Å². The highest BCUT2D eigenvalue weighted by Gasteiger charge is 2.55. The molecule has 4 rings (SSSR count). The first-order valence-electron chi connectivity index (χ1n) is 12.0. The fraction of sp³-hybridized carbons (Fsp3) is 0.870. The highest BCUT2D eigenvalue weighted by molar-refractivity contribution is 5.86. The Kier molecular flexibility index (Phi) is 6.82. The maximum Gasteiger partial charge on any atom is 0.243 e. The quantitative estimate of drug-likeness (QED) is 0.272. The summed E-state index contributed by atoms with van der Waals surface area (Å²) in [4.78, 5) is 18.0. The Bertz CT molecular complexity index is 622. The number of carbonyl (C=O) groups is 1. The highest BCUT2D eigenvalue weighted by Crippen LogP contribution is 2.47. The molecule has 5 unspecified atom stereocenters. The molecule has 1 aliphatic heterocycles. The summed E-state index contributed by atoms with van der Waals surface area (Å²) in [6, 6.07) is 0.825. The van der Waals surface area contributed by atoms with Crippen LogP contribution in [0.2, 0.25) is 0 Å². The summed E-state index contributed by atoms with van der Waals surface area (Å²) in [5, 5.41) is 4.98. The van der Waals surface area contributed by atoms with Crippen molar-refractivity contribution in [1.82, 2.24) is 10.4 Å². The molecule has 30 heavy (non-hydrogen) atoms. The molecule has 4 aliphatic rings. The van der Waals surface area contributed by atoms with E-state index >= 15 is 0 Å². The average Bonchev–Trinajstić information content (AvgIpc) is 3.57. The van der Waals surface area contributed by atoms with Gasteiger partial charge in [0.1, 0.15) is 18.8 Å². The molecule has 1 saturated heterocycles. The van der Waals surface area contributed by atoms with Crippen molar-refractivity contribution in [3.8, 4) is 0 Å². The third kappa shape index (κ3) is 5.06. The predicted octanol–water partition coefficient (Wildman–Crippen LogP) is 3.25. The molecule has 0 aromatic heterocycles. The maximum atomic E-state index is 13.7. The molecule has 5 atom stereocenters. The molecule has 1 heterocycles. The fourth-order valence-electron chi connectivity index (χ4n) is 6.24. The molecule has 0 aromatic carbocycles. The van der Waals surface area contributed by atoms with Gasteiger partial charge in [-0.25, -0.2) is 4.39 Å². The highest BCUT2D eigenvalue weighted by atomic mass is 19.1. The van der Waals surface area contributed by atoms with E-state index < -0.39 is 6.17 Å². The van der Waals surface area contributed by atoms with Crippen LogP contribution < -0.4 is 11.2 Å². The first-order chi connectivity index (χ1) is 14.4. The first kappa shape index (κ1) is 22.2. The van der Waals surface area contributed by atoms with Gasteiger partial charge in [-0.2, -0.15) is 0 Å². The third-order valence-electron chi connectivity index (χ3n) is 8.22. The molecule has 3 N–H and O–H groups in total. The van der Waals surface area contributed by atoms with Gasteiger partial charge in [0.15, 0.2) is 0 Å². The van der Waals surface area contributed by atoms with Crippen LogP contribution in [-0.4, -0.2) is 54.1 Å². The second kappa shape index (κ2) is 9.23. The van der Waals surface area contributed by atoms with Gasteiger partial charge in [0.25, 0.3) is 0 Å². The van der Waals surface area contributed by atoms with Crippen molar-refractivity contribution < 1.29 is 18.9 Å². The van der Waals surface area contributed by atoms with E-state index in [1.165, 1.54) is 18.9 Å². The van der Waals surface area contributed by atoms with Crippen LogP contribution in [0, 0.1) is 23.7 Å². The van der Waals surface area contributed by atoms with Crippen molar-refractivity contribution >= 4 is 5.91 Å². The number of nitrogens with two attached hydrogens (primary N) is 1. The van der Waals surface area contributed by atoms with E-state index in [2.05, 4.69) is 11.9 Å². The molecule has 170 valence electrons. The topological polar surface area (TPSA) is 67.6 Å². The number of nitrogens with zero attached hydrogens (tertiary/aromatic N) is 2. The molecule has 0 radical (unpaired) electrons. The Morgan fingerprint density at radius 2 is 1.83 bits per heavy atom. The predicted molar refractivity (Wildman–Crippen MR) is 114 cm³/mol. The monoisotopic (exact) mass is 423 g/mol. The lowest BCUT2D eigenvalue weighted by molar-refractivity contribution is -1.19. The number of alkyl halides is 1. The number of nitrogens with one attached hydrogen (secondary N) is 1. The van der Waals surface area contributed by atoms with Crippen LogP contribution in [0.15, 0.2) is 12.7 Å². The van der Waals surface area contributed by atoms with Crippen molar-refractivity contribution in [3.63, 3.8) is 0 Å². The molecule has 3 saturated carbocycles. The summed E-state index contributed by atoms with van der Waals surface area (Å²) >= 11 is 0. The van der Waals surface area contributed by atoms with Crippen LogP contribution in [0.5, 0.6) is 0 Å². The minimum atomic E-state index is -0.616. The zero-order valence-electron chi connectivity index (χ0n) is 18.5. The molecule has 0 aromatic rings. The Morgan fingerprint density at radius 1 is 1.13 bits per heavy atom. The van der Waals surface area contributed by atoms with Gasteiger partial charge in [0.2, 0.25) is 5.91 Å². The number of amides is 1. The minimum absolute atomic E-state index is 0.103. The third-order valence-corrected chi connectivity index (χ3v) is 8.22. The number of hydroxylamine groups is 4. The van der Waals surface area contributed by atoms with Gasteiger partial charge in [0.05, 0.1) is 6.42 Å². The summed E-state index contributed by atoms with van der Waals surface area (Å²) < 4.78 is 13.9. The largest absolute Gasteiger partial charge is 0.352 e. The zero-order chi connectivity index (χ0) is 21.3. The summed E-state index contributed by atoms with van der Waals surface area (Å²) in [5.41, 5.74) is 0.